The third kappa shape index (κ3) is 6.36. The fourth-order valence-corrected chi connectivity index (χ4v) is 2.79. The van der Waals surface area contributed by atoms with Crippen LogP contribution in [0.5, 0.6) is 0 Å². The van der Waals surface area contributed by atoms with Gasteiger partial charge in [-0.25, -0.2) is 4.79 Å². The highest BCUT2D eigenvalue weighted by Gasteiger charge is 2.15. The third-order valence-corrected chi connectivity index (χ3v) is 4.23. The number of carbonyl (C=O) groups is 2. The third-order valence-electron chi connectivity index (χ3n) is 4.23. The molecule has 0 aromatic heterocycles. The molecule has 7 nitrogen and oxygen atoms in total. The van der Waals surface area contributed by atoms with Gasteiger partial charge in [0, 0.05) is 38.2 Å². The zero-order valence-corrected chi connectivity index (χ0v) is 14.9. The van der Waals surface area contributed by atoms with Crippen LogP contribution in [0.4, 0.5) is 16.2 Å². The van der Waals surface area contributed by atoms with Gasteiger partial charge in [-0.05, 0) is 49.8 Å². The van der Waals surface area contributed by atoms with Crippen LogP contribution in [0.2, 0.25) is 0 Å². The van der Waals surface area contributed by atoms with Crippen LogP contribution in [0.25, 0.3) is 0 Å². The van der Waals surface area contributed by atoms with Crippen LogP contribution in [0.1, 0.15) is 24.8 Å². The van der Waals surface area contributed by atoms with Gasteiger partial charge in [0.2, 0.25) is 5.91 Å². The van der Waals surface area contributed by atoms with Crippen LogP contribution in [-0.2, 0) is 14.3 Å². The van der Waals surface area contributed by atoms with E-state index >= 15 is 0 Å². The van der Waals surface area contributed by atoms with Crippen molar-refractivity contribution < 1.29 is 19.1 Å². The van der Waals surface area contributed by atoms with Gasteiger partial charge in [0.1, 0.15) is 6.61 Å². The number of amides is 3. The van der Waals surface area contributed by atoms with Crippen molar-refractivity contribution in [1.82, 2.24) is 5.32 Å². The Balaban J connectivity index is 1.78. The molecule has 0 aliphatic carbocycles. The van der Waals surface area contributed by atoms with Crippen molar-refractivity contribution in [2.75, 3.05) is 44.1 Å². The fourth-order valence-electron chi connectivity index (χ4n) is 2.79. The number of benzene rings is 1. The van der Waals surface area contributed by atoms with Gasteiger partial charge < -0.3 is 25.4 Å². The first-order chi connectivity index (χ1) is 12.1. The number of urea groups is 1. The number of hydrogen-bond acceptors (Lipinski definition) is 4. The van der Waals surface area contributed by atoms with E-state index in [1.165, 1.54) is 7.11 Å². The number of ether oxygens (including phenoxy) is 2. The first-order valence-electron chi connectivity index (χ1n) is 8.61. The van der Waals surface area contributed by atoms with Gasteiger partial charge in [0.15, 0.2) is 0 Å². The van der Waals surface area contributed by atoms with Gasteiger partial charge in [0.05, 0.1) is 0 Å². The first kappa shape index (κ1) is 19.2. The predicted octanol–water partition coefficient (Wildman–Crippen LogP) is 2.52. The molecule has 1 aromatic carbocycles. The first-order valence-corrected chi connectivity index (χ1v) is 8.61. The summed E-state index contributed by atoms with van der Waals surface area (Å²) in [6.45, 7) is 4.16. The van der Waals surface area contributed by atoms with Gasteiger partial charge in [-0.1, -0.05) is 6.07 Å². The van der Waals surface area contributed by atoms with E-state index in [1.807, 2.05) is 6.92 Å². The Hall–Kier alpha value is -2.12. The number of carbonyl (C=O) groups excluding carboxylic acids is 2. The topological polar surface area (TPSA) is 88.7 Å². The minimum atomic E-state index is -0.244. The Morgan fingerprint density at radius 2 is 2.04 bits per heavy atom. The fraction of sp³-hybridized carbons (Fsp3) is 0.556. The van der Waals surface area contributed by atoms with E-state index in [1.54, 1.807) is 18.2 Å². The van der Waals surface area contributed by atoms with Crippen molar-refractivity contribution in [2.45, 2.75) is 26.2 Å². The predicted molar refractivity (Wildman–Crippen MR) is 96.9 cm³/mol. The molecule has 138 valence electrons. The van der Waals surface area contributed by atoms with E-state index in [9.17, 15) is 9.59 Å². The summed E-state index contributed by atoms with van der Waals surface area (Å²) in [6, 6.07) is 5.13. The maximum Gasteiger partial charge on any atom is 0.319 e. The molecular formula is C18H27N3O4. The van der Waals surface area contributed by atoms with E-state index in [-0.39, 0.29) is 18.5 Å². The maximum absolute atomic E-state index is 12.0. The van der Waals surface area contributed by atoms with Crippen molar-refractivity contribution in [1.29, 1.82) is 0 Å². The number of hydrogen-bond donors (Lipinski definition) is 3. The molecule has 0 saturated carbocycles. The van der Waals surface area contributed by atoms with Gasteiger partial charge in [-0.3, -0.25) is 4.79 Å². The van der Waals surface area contributed by atoms with Crippen molar-refractivity contribution in [3.63, 3.8) is 0 Å². The van der Waals surface area contributed by atoms with Crippen molar-refractivity contribution in [3.8, 4) is 0 Å². The summed E-state index contributed by atoms with van der Waals surface area (Å²) >= 11 is 0. The molecule has 0 radical (unpaired) electrons. The molecule has 1 saturated heterocycles. The highest BCUT2D eigenvalue weighted by molar-refractivity contribution is 5.95. The smallest absolute Gasteiger partial charge is 0.319 e. The van der Waals surface area contributed by atoms with Crippen molar-refractivity contribution >= 4 is 23.3 Å². The normalized spacial score (nSPS) is 16.5. The van der Waals surface area contributed by atoms with Crippen molar-refractivity contribution in [2.24, 2.45) is 5.92 Å². The van der Waals surface area contributed by atoms with Gasteiger partial charge >= 0.3 is 6.03 Å². The number of rotatable bonds is 8. The highest BCUT2D eigenvalue weighted by Crippen LogP contribution is 2.23. The molecule has 3 N–H and O–H groups in total. The lowest BCUT2D eigenvalue weighted by Crippen LogP contribution is -2.30. The average molecular weight is 349 g/mol. The Kier molecular flexibility index (Phi) is 7.69. The molecule has 3 amide bonds. The lowest BCUT2D eigenvalue weighted by Gasteiger charge is -2.14. The van der Waals surface area contributed by atoms with E-state index in [0.717, 1.165) is 38.0 Å². The largest absolute Gasteiger partial charge is 0.381 e. The van der Waals surface area contributed by atoms with E-state index in [4.69, 9.17) is 9.47 Å². The van der Waals surface area contributed by atoms with Crippen LogP contribution in [-0.4, -0.2) is 45.4 Å². The SMILES string of the molecule is COCC(=O)Nc1cccc(NC(=O)NCCC[C@@H]2CCOC2)c1C. The molecular weight excluding hydrogens is 322 g/mol. The van der Waals surface area contributed by atoms with Crippen LogP contribution < -0.4 is 16.0 Å². The highest BCUT2D eigenvalue weighted by atomic mass is 16.5. The minimum Gasteiger partial charge on any atom is -0.381 e. The summed E-state index contributed by atoms with van der Waals surface area (Å²) in [5.74, 6) is 0.391. The summed E-state index contributed by atoms with van der Waals surface area (Å²) in [4.78, 5) is 23.7. The lowest BCUT2D eigenvalue weighted by atomic mass is 10.0. The Morgan fingerprint density at radius 1 is 1.28 bits per heavy atom. The molecule has 0 unspecified atom stereocenters. The summed E-state index contributed by atoms with van der Waals surface area (Å²) in [7, 11) is 1.47. The van der Waals surface area contributed by atoms with Crippen LogP contribution in [0.3, 0.4) is 0 Å². The molecule has 1 atom stereocenters. The summed E-state index contributed by atoms with van der Waals surface area (Å²) in [6.07, 6.45) is 3.13. The molecule has 1 heterocycles. The summed E-state index contributed by atoms with van der Waals surface area (Å²) < 4.78 is 10.1. The zero-order chi connectivity index (χ0) is 18.1. The van der Waals surface area contributed by atoms with E-state index < -0.39 is 0 Å². The molecule has 7 heteroatoms. The minimum absolute atomic E-state index is 0.0103. The lowest BCUT2D eigenvalue weighted by molar-refractivity contribution is -0.119. The molecule has 0 bridgehead atoms. The second-order valence-corrected chi connectivity index (χ2v) is 6.21. The standard InChI is InChI=1S/C18H27N3O4/c1-13-15(20-17(22)12-24-2)6-3-7-16(13)21-18(23)19-9-4-5-14-8-10-25-11-14/h3,6-7,14H,4-5,8-12H2,1-2H3,(H,20,22)(H2,19,21,23)/t14-/m1/s1. The maximum atomic E-state index is 12.0. The monoisotopic (exact) mass is 349 g/mol. The van der Waals surface area contributed by atoms with E-state index in [0.29, 0.717) is 23.8 Å². The van der Waals surface area contributed by atoms with Gasteiger partial charge in [-0.15, -0.1) is 0 Å². The Morgan fingerprint density at radius 3 is 2.72 bits per heavy atom. The molecule has 2 rings (SSSR count). The molecule has 1 aliphatic heterocycles. The number of methoxy groups -OCH3 is 1. The second-order valence-electron chi connectivity index (χ2n) is 6.21. The van der Waals surface area contributed by atoms with E-state index in [2.05, 4.69) is 16.0 Å². The summed E-state index contributed by atoms with van der Waals surface area (Å²) in [5, 5.41) is 8.45. The van der Waals surface area contributed by atoms with Gasteiger partial charge in [0.25, 0.3) is 0 Å². The quantitative estimate of drug-likeness (QED) is 0.629. The molecule has 1 aromatic rings. The van der Waals surface area contributed by atoms with Crippen LogP contribution >= 0.6 is 0 Å². The van der Waals surface area contributed by atoms with Crippen LogP contribution in [0, 0.1) is 12.8 Å². The Labute approximate surface area is 148 Å². The van der Waals surface area contributed by atoms with Crippen molar-refractivity contribution in [3.05, 3.63) is 23.8 Å². The average Bonchev–Trinajstić information content (AvgIpc) is 3.09. The molecule has 1 aliphatic rings. The van der Waals surface area contributed by atoms with Crippen LogP contribution in [0.15, 0.2) is 18.2 Å². The zero-order valence-electron chi connectivity index (χ0n) is 14.9. The number of nitrogens with one attached hydrogen (secondary N) is 3. The summed E-state index contributed by atoms with van der Waals surface area (Å²) in [5.41, 5.74) is 2.11. The molecule has 25 heavy (non-hydrogen) atoms. The molecule has 1 fully saturated rings. The molecule has 0 spiro atoms. The number of anilines is 2. The van der Waals surface area contributed by atoms with Gasteiger partial charge in [-0.2, -0.15) is 0 Å². The Bertz CT molecular complexity index is 586. The second kappa shape index (κ2) is 10.0.